The van der Waals surface area contributed by atoms with Gasteiger partial charge < -0.3 is 4.74 Å². The molecule has 74 valence electrons. The van der Waals surface area contributed by atoms with E-state index in [2.05, 4.69) is 4.74 Å². The molecule has 0 atom stereocenters. The first-order valence-electron chi connectivity index (χ1n) is 4.29. The molecular formula is C8H12FNO3. The molecule has 13 heavy (non-hydrogen) atoms. The van der Waals surface area contributed by atoms with E-state index in [0.717, 1.165) is 4.90 Å². The van der Waals surface area contributed by atoms with E-state index in [9.17, 15) is 14.0 Å². The molecule has 4 nitrogen and oxygen atoms in total. The number of rotatable bonds is 4. The minimum atomic E-state index is -0.578. The lowest BCUT2D eigenvalue weighted by Crippen LogP contribution is -2.31. The number of ether oxygens (including phenoxy) is 1. The van der Waals surface area contributed by atoms with Crippen LogP contribution in [0.25, 0.3) is 0 Å². The zero-order valence-electron chi connectivity index (χ0n) is 7.29. The third-order valence-corrected chi connectivity index (χ3v) is 1.84. The van der Waals surface area contributed by atoms with Crippen molar-refractivity contribution in [3.8, 4) is 0 Å². The van der Waals surface area contributed by atoms with Gasteiger partial charge in [-0.1, -0.05) is 0 Å². The van der Waals surface area contributed by atoms with Crippen LogP contribution >= 0.6 is 0 Å². The van der Waals surface area contributed by atoms with Gasteiger partial charge in [0.05, 0.1) is 13.2 Å². The second-order valence-corrected chi connectivity index (χ2v) is 2.81. The molecule has 1 heterocycles. The van der Waals surface area contributed by atoms with Crippen LogP contribution in [0.3, 0.4) is 0 Å². The lowest BCUT2D eigenvalue weighted by molar-refractivity contribution is -0.127. The van der Waals surface area contributed by atoms with E-state index in [0.29, 0.717) is 19.4 Å². The molecule has 2 amide bonds. The summed E-state index contributed by atoms with van der Waals surface area (Å²) < 4.78 is 16.3. The Kier molecular flexibility index (Phi) is 3.67. The number of amides is 2. The van der Waals surface area contributed by atoms with Gasteiger partial charge in [-0.05, 0) is 12.8 Å². The highest BCUT2D eigenvalue weighted by atomic mass is 19.1. The maximum atomic E-state index is 11.7. The topological polar surface area (TPSA) is 46.6 Å². The monoisotopic (exact) mass is 189 g/mol. The molecule has 0 radical (unpaired) electrons. The summed E-state index contributed by atoms with van der Waals surface area (Å²) >= 11 is 0. The molecule has 0 unspecified atom stereocenters. The summed E-state index contributed by atoms with van der Waals surface area (Å²) in [5.74, 6) is -0.268. The fourth-order valence-corrected chi connectivity index (χ4v) is 1.13. The Morgan fingerprint density at radius 3 is 2.85 bits per heavy atom. The molecule has 1 aliphatic heterocycles. The molecule has 1 fully saturated rings. The van der Waals surface area contributed by atoms with Crippen molar-refractivity contribution >= 4 is 12.0 Å². The molecule has 1 aliphatic rings. The molecule has 0 N–H and O–H groups in total. The van der Waals surface area contributed by atoms with E-state index in [4.69, 9.17) is 0 Å². The number of cyclic esters (lactones) is 1. The first kappa shape index (κ1) is 9.95. The number of unbranched alkanes of at least 4 members (excludes halogenated alkanes) is 1. The largest absolute Gasteiger partial charge is 0.447 e. The average molecular weight is 189 g/mol. The van der Waals surface area contributed by atoms with Crippen LogP contribution in [0.5, 0.6) is 0 Å². The standard InChI is InChI=1S/C8H12FNO3/c9-4-2-1-3-7(11)10-5-6-13-8(10)12/h1-6H2. The fourth-order valence-electron chi connectivity index (χ4n) is 1.13. The van der Waals surface area contributed by atoms with Gasteiger partial charge in [-0.2, -0.15) is 0 Å². The summed E-state index contributed by atoms with van der Waals surface area (Å²) in [6.45, 7) is 0.179. The summed E-state index contributed by atoms with van der Waals surface area (Å²) in [6, 6.07) is 0. The number of carbonyl (C=O) groups is 2. The van der Waals surface area contributed by atoms with E-state index >= 15 is 0 Å². The number of hydrogen-bond acceptors (Lipinski definition) is 3. The molecule has 0 saturated carbocycles. The summed E-state index contributed by atoms with van der Waals surface area (Å²) in [5, 5.41) is 0. The van der Waals surface area contributed by atoms with Gasteiger partial charge in [0.1, 0.15) is 6.61 Å². The molecule has 0 aromatic carbocycles. The smallest absolute Gasteiger partial charge is 0.416 e. The molecule has 0 aliphatic carbocycles. The summed E-state index contributed by atoms with van der Waals surface area (Å²) in [6.07, 6.45) is 0.498. The maximum absolute atomic E-state index is 11.7. The SMILES string of the molecule is O=C(CCCCF)N1CCOC1=O. The first-order chi connectivity index (χ1) is 6.25. The Morgan fingerprint density at radius 1 is 1.54 bits per heavy atom. The predicted molar refractivity (Wildman–Crippen MR) is 42.9 cm³/mol. The van der Waals surface area contributed by atoms with Crippen molar-refractivity contribution in [3.63, 3.8) is 0 Å². The van der Waals surface area contributed by atoms with Crippen molar-refractivity contribution in [2.24, 2.45) is 0 Å². The van der Waals surface area contributed by atoms with Gasteiger partial charge in [-0.3, -0.25) is 9.18 Å². The number of alkyl halides is 1. The summed E-state index contributed by atoms with van der Waals surface area (Å²) in [7, 11) is 0. The predicted octanol–water partition coefficient (Wildman–Crippen LogP) is 1.10. The lowest BCUT2D eigenvalue weighted by Gasteiger charge is -2.09. The minimum Gasteiger partial charge on any atom is -0.447 e. The van der Waals surface area contributed by atoms with Crippen molar-refractivity contribution in [1.82, 2.24) is 4.90 Å². The molecule has 0 spiro atoms. The Morgan fingerprint density at radius 2 is 2.31 bits per heavy atom. The van der Waals surface area contributed by atoms with E-state index in [1.807, 2.05) is 0 Å². The third-order valence-electron chi connectivity index (χ3n) is 1.84. The Labute approximate surface area is 75.6 Å². The number of nitrogens with zero attached hydrogens (tertiary/aromatic N) is 1. The van der Waals surface area contributed by atoms with Crippen molar-refractivity contribution in [2.75, 3.05) is 19.8 Å². The van der Waals surface area contributed by atoms with Gasteiger partial charge in [0.25, 0.3) is 0 Å². The Hall–Kier alpha value is -1.13. The van der Waals surface area contributed by atoms with E-state index in [1.165, 1.54) is 0 Å². The maximum Gasteiger partial charge on any atom is 0.416 e. The van der Waals surface area contributed by atoms with Gasteiger partial charge >= 0.3 is 6.09 Å². The van der Waals surface area contributed by atoms with Gasteiger partial charge in [-0.25, -0.2) is 9.69 Å². The first-order valence-corrected chi connectivity index (χ1v) is 4.29. The second-order valence-electron chi connectivity index (χ2n) is 2.81. The number of imide groups is 1. The summed E-state index contributed by atoms with van der Waals surface area (Å²) in [5.41, 5.74) is 0. The Balaban J connectivity index is 2.26. The van der Waals surface area contributed by atoms with Crippen LogP contribution in [0.4, 0.5) is 9.18 Å². The lowest BCUT2D eigenvalue weighted by atomic mass is 10.2. The molecule has 0 bridgehead atoms. The Bertz CT molecular complexity index is 208. The second kappa shape index (κ2) is 4.79. The van der Waals surface area contributed by atoms with Gasteiger partial charge in [0.15, 0.2) is 0 Å². The minimum absolute atomic E-state index is 0.221. The number of carbonyl (C=O) groups excluding carboxylic acids is 2. The fraction of sp³-hybridized carbons (Fsp3) is 0.750. The molecule has 1 rings (SSSR count). The van der Waals surface area contributed by atoms with Crippen LogP contribution in [0, 0.1) is 0 Å². The zero-order chi connectivity index (χ0) is 9.68. The van der Waals surface area contributed by atoms with Crippen LogP contribution in [0.15, 0.2) is 0 Å². The van der Waals surface area contributed by atoms with Crippen molar-refractivity contribution in [1.29, 1.82) is 0 Å². The van der Waals surface area contributed by atoms with Crippen LogP contribution in [-0.4, -0.2) is 36.7 Å². The highest BCUT2D eigenvalue weighted by Crippen LogP contribution is 2.07. The average Bonchev–Trinajstić information content (AvgIpc) is 2.52. The normalized spacial score (nSPS) is 16.1. The molecule has 0 aromatic heterocycles. The van der Waals surface area contributed by atoms with Gasteiger partial charge in [0, 0.05) is 6.42 Å². The number of hydrogen-bond donors (Lipinski definition) is 0. The highest BCUT2D eigenvalue weighted by Gasteiger charge is 2.27. The quantitative estimate of drug-likeness (QED) is 0.622. The van der Waals surface area contributed by atoms with E-state index < -0.39 is 12.8 Å². The molecule has 0 aromatic rings. The third kappa shape index (κ3) is 2.68. The van der Waals surface area contributed by atoms with E-state index in [1.54, 1.807) is 0 Å². The molecule has 1 saturated heterocycles. The van der Waals surface area contributed by atoms with Gasteiger partial charge in [-0.15, -0.1) is 0 Å². The van der Waals surface area contributed by atoms with Crippen molar-refractivity contribution in [3.05, 3.63) is 0 Å². The van der Waals surface area contributed by atoms with Crippen LogP contribution in [0.2, 0.25) is 0 Å². The number of halogens is 1. The van der Waals surface area contributed by atoms with Crippen LogP contribution in [0.1, 0.15) is 19.3 Å². The zero-order valence-corrected chi connectivity index (χ0v) is 7.29. The van der Waals surface area contributed by atoms with Crippen molar-refractivity contribution < 1.29 is 18.7 Å². The van der Waals surface area contributed by atoms with Crippen LogP contribution < -0.4 is 0 Å². The highest BCUT2D eigenvalue weighted by molar-refractivity contribution is 5.92. The molecule has 5 heteroatoms. The van der Waals surface area contributed by atoms with E-state index in [-0.39, 0.29) is 18.9 Å². The molecular weight excluding hydrogens is 177 g/mol. The van der Waals surface area contributed by atoms with Gasteiger partial charge in [0.2, 0.25) is 5.91 Å². The van der Waals surface area contributed by atoms with Crippen molar-refractivity contribution in [2.45, 2.75) is 19.3 Å². The summed E-state index contributed by atoms with van der Waals surface area (Å²) in [4.78, 5) is 23.2. The van der Waals surface area contributed by atoms with Crippen LogP contribution in [-0.2, 0) is 9.53 Å².